The summed E-state index contributed by atoms with van der Waals surface area (Å²) in [5, 5.41) is 11.6. The molecule has 1 saturated heterocycles. The van der Waals surface area contributed by atoms with Crippen molar-refractivity contribution in [3.63, 3.8) is 0 Å². The highest BCUT2D eigenvalue weighted by atomic mass is 35.5. The number of hydrogen-bond acceptors (Lipinski definition) is 5. The first-order valence-electron chi connectivity index (χ1n) is 6.88. The molecule has 114 valence electrons. The highest BCUT2D eigenvalue weighted by molar-refractivity contribution is 6.31. The molecule has 21 heavy (non-hydrogen) atoms. The summed E-state index contributed by atoms with van der Waals surface area (Å²) in [6.45, 7) is 3.18. The molecule has 1 fully saturated rings. The third kappa shape index (κ3) is 3.64. The van der Waals surface area contributed by atoms with Crippen molar-refractivity contribution in [2.24, 2.45) is 5.92 Å². The number of nitro benzene ring substituents is 1. The van der Waals surface area contributed by atoms with Crippen LogP contribution in [0.1, 0.15) is 19.8 Å². The predicted molar refractivity (Wildman–Crippen MR) is 79.7 cm³/mol. The summed E-state index contributed by atoms with van der Waals surface area (Å²) >= 11 is 5.95. The summed E-state index contributed by atoms with van der Waals surface area (Å²) in [6, 6.07) is 4.47. The van der Waals surface area contributed by atoms with E-state index in [2.05, 4.69) is 0 Å². The van der Waals surface area contributed by atoms with Crippen LogP contribution in [0, 0.1) is 16.0 Å². The van der Waals surface area contributed by atoms with Crippen LogP contribution in [0.4, 0.5) is 11.4 Å². The zero-order valence-electron chi connectivity index (χ0n) is 11.8. The lowest BCUT2D eigenvalue weighted by Crippen LogP contribution is -2.39. The Bertz CT molecular complexity index is 550. The molecule has 0 bridgehead atoms. The van der Waals surface area contributed by atoms with Gasteiger partial charge in [0.1, 0.15) is 5.69 Å². The number of ether oxygens (including phenoxy) is 1. The highest BCUT2D eigenvalue weighted by Gasteiger charge is 2.30. The van der Waals surface area contributed by atoms with Crippen LogP contribution < -0.4 is 4.90 Å². The Morgan fingerprint density at radius 1 is 1.57 bits per heavy atom. The molecular formula is C14H17ClN2O4. The number of piperidine rings is 1. The van der Waals surface area contributed by atoms with Gasteiger partial charge in [-0.2, -0.15) is 0 Å². The van der Waals surface area contributed by atoms with Gasteiger partial charge in [-0.15, -0.1) is 0 Å². The maximum atomic E-state index is 11.9. The number of benzene rings is 1. The molecule has 0 spiro atoms. The van der Waals surface area contributed by atoms with E-state index in [9.17, 15) is 14.9 Å². The maximum absolute atomic E-state index is 11.9. The molecule has 1 aromatic carbocycles. The Labute approximate surface area is 127 Å². The summed E-state index contributed by atoms with van der Waals surface area (Å²) in [6.07, 6.45) is 1.52. The zero-order chi connectivity index (χ0) is 15.4. The Morgan fingerprint density at radius 2 is 2.33 bits per heavy atom. The third-order valence-corrected chi connectivity index (χ3v) is 3.75. The van der Waals surface area contributed by atoms with E-state index >= 15 is 0 Å². The van der Waals surface area contributed by atoms with E-state index < -0.39 is 4.92 Å². The summed E-state index contributed by atoms with van der Waals surface area (Å²) in [7, 11) is 0. The molecule has 1 heterocycles. The van der Waals surface area contributed by atoms with Gasteiger partial charge in [-0.1, -0.05) is 11.6 Å². The number of carbonyl (C=O) groups is 1. The highest BCUT2D eigenvalue weighted by Crippen LogP contribution is 2.34. The fraction of sp³-hybridized carbons (Fsp3) is 0.500. The van der Waals surface area contributed by atoms with E-state index in [4.69, 9.17) is 16.3 Å². The number of nitrogens with zero attached hydrogens (tertiary/aromatic N) is 2. The van der Waals surface area contributed by atoms with Crippen LogP contribution in [0.3, 0.4) is 0 Å². The van der Waals surface area contributed by atoms with Crippen LogP contribution in [-0.2, 0) is 9.53 Å². The van der Waals surface area contributed by atoms with E-state index in [1.165, 1.54) is 12.1 Å². The second-order valence-corrected chi connectivity index (χ2v) is 5.36. The van der Waals surface area contributed by atoms with Crippen LogP contribution in [0.25, 0.3) is 0 Å². The molecule has 0 aromatic heterocycles. The van der Waals surface area contributed by atoms with Crippen LogP contribution in [0.15, 0.2) is 18.2 Å². The molecule has 0 radical (unpaired) electrons. The summed E-state index contributed by atoms with van der Waals surface area (Å²) in [4.78, 5) is 24.4. The average Bonchev–Trinajstić information content (AvgIpc) is 2.47. The second-order valence-electron chi connectivity index (χ2n) is 4.93. The van der Waals surface area contributed by atoms with Crippen molar-refractivity contribution in [1.29, 1.82) is 0 Å². The van der Waals surface area contributed by atoms with Gasteiger partial charge in [-0.3, -0.25) is 14.9 Å². The fourth-order valence-electron chi connectivity index (χ4n) is 2.55. The van der Waals surface area contributed by atoms with Gasteiger partial charge in [0.25, 0.3) is 5.69 Å². The molecule has 0 aliphatic carbocycles. The van der Waals surface area contributed by atoms with Crippen LogP contribution in [-0.4, -0.2) is 30.6 Å². The molecule has 7 heteroatoms. The van der Waals surface area contributed by atoms with E-state index in [1.807, 2.05) is 4.90 Å². The van der Waals surface area contributed by atoms with E-state index in [1.54, 1.807) is 13.0 Å². The molecule has 1 aliphatic rings. The second kappa shape index (κ2) is 6.76. The molecular weight excluding hydrogens is 296 g/mol. The monoisotopic (exact) mass is 312 g/mol. The van der Waals surface area contributed by atoms with Crippen molar-refractivity contribution < 1.29 is 14.5 Å². The lowest BCUT2D eigenvalue weighted by molar-refractivity contribution is -0.384. The minimum absolute atomic E-state index is 0.00362. The van der Waals surface area contributed by atoms with Crippen molar-refractivity contribution in [2.45, 2.75) is 19.8 Å². The first kappa shape index (κ1) is 15.6. The lowest BCUT2D eigenvalue weighted by Gasteiger charge is -2.32. The standard InChI is InChI=1S/C14H17ClN2O4/c1-2-21-14(18)10-4-3-7-16(9-10)13-8-11(15)5-6-12(13)17(19)20/h5-6,8,10H,2-4,7,9H2,1H3. The Kier molecular flexibility index (Phi) is 5.01. The number of rotatable bonds is 4. The summed E-state index contributed by atoms with van der Waals surface area (Å²) < 4.78 is 5.04. The normalized spacial score (nSPS) is 18.4. The number of nitro groups is 1. The van der Waals surface area contributed by atoms with Crippen molar-refractivity contribution in [1.82, 2.24) is 0 Å². The Balaban J connectivity index is 2.23. The van der Waals surface area contributed by atoms with E-state index in [0.717, 1.165) is 12.8 Å². The van der Waals surface area contributed by atoms with Crippen molar-refractivity contribution >= 4 is 28.9 Å². The van der Waals surface area contributed by atoms with Gasteiger partial charge in [0.2, 0.25) is 0 Å². The number of hydrogen-bond donors (Lipinski definition) is 0. The summed E-state index contributed by atoms with van der Waals surface area (Å²) in [5.74, 6) is -0.496. The topological polar surface area (TPSA) is 72.7 Å². The first-order chi connectivity index (χ1) is 10.0. The molecule has 0 saturated carbocycles. The quantitative estimate of drug-likeness (QED) is 0.485. The van der Waals surface area contributed by atoms with Gasteiger partial charge in [0, 0.05) is 24.2 Å². The molecule has 0 amide bonds. The molecule has 1 unspecified atom stereocenters. The zero-order valence-corrected chi connectivity index (χ0v) is 12.5. The van der Waals surface area contributed by atoms with E-state index in [-0.39, 0.29) is 17.6 Å². The lowest BCUT2D eigenvalue weighted by atomic mass is 9.97. The summed E-state index contributed by atoms with van der Waals surface area (Å²) in [5.41, 5.74) is 0.463. The smallest absolute Gasteiger partial charge is 0.310 e. The fourth-order valence-corrected chi connectivity index (χ4v) is 2.72. The Hall–Kier alpha value is -1.82. The van der Waals surface area contributed by atoms with Gasteiger partial charge in [-0.05, 0) is 31.9 Å². The number of carbonyl (C=O) groups excluding carboxylic acids is 1. The van der Waals surface area contributed by atoms with Gasteiger partial charge in [-0.25, -0.2) is 0 Å². The van der Waals surface area contributed by atoms with Gasteiger partial charge < -0.3 is 9.64 Å². The molecule has 2 rings (SSSR count). The third-order valence-electron chi connectivity index (χ3n) is 3.52. The predicted octanol–water partition coefficient (Wildman–Crippen LogP) is 3.03. The van der Waals surface area contributed by atoms with Crippen LogP contribution >= 0.6 is 11.6 Å². The average molecular weight is 313 g/mol. The maximum Gasteiger partial charge on any atom is 0.310 e. The Morgan fingerprint density at radius 3 is 3.00 bits per heavy atom. The number of anilines is 1. The molecule has 1 aliphatic heterocycles. The van der Waals surface area contributed by atoms with Crippen molar-refractivity contribution in [3.05, 3.63) is 33.3 Å². The molecule has 0 N–H and O–H groups in total. The molecule has 6 nitrogen and oxygen atoms in total. The molecule has 1 atom stereocenters. The minimum atomic E-state index is -0.431. The SMILES string of the molecule is CCOC(=O)C1CCCN(c2cc(Cl)ccc2[N+](=O)[O-])C1. The van der Waals surface area contributed by atoms with Crippen molar-refractivity contribution in [2.75, 3.05) is 24.6 Å². The molecule has 1 aromatic rings. The van der Waals surface area contributed by atoms with Crippen LogP contribution in [0.2, 0.25) is 5.02 Å². The van der Waals surface area contributed by atoms with Gasteiger partial charge in [0.15, 0.2) is 0 Å². The first-order valence-corrected chi connectivity index (χ1v) is 7.26. The largest absolute Gasteiger partial charge is 0.466 e. The number of halogens is 1. The number of esters is 1. The van der Waals surface area contributed by atoms with Crippen LogP contribution in [0.5, 0.6) is 0 Å². The van der Waals surface area contributed by atoms with Gasteiger partial charge in [0.05, 0.1) is 17.4 Å². The van der Waals surface area contributed by atoms with E-state index in [0.29, 0.717) is 30.4 Å². The van der Waals surface area contributed by atoms with Crippen molar-refractivity contribution in [3.8, 4) is 0 Å². The van der Waals surface area contributed by atoms with Gasteiger partial charge >= 0.3 is 5.97 Å². The minimum Gasteiger partial charge on any atom is -0.466 e.